The number of rotatable bonds is 4. The Bertz CT molecular complexity index is 1050. The van der Waals surface area contributed by atoms with Gasteiger partial charge in [0.05, 0.1) is 16.2 Å². The van der Waals surface area contributed by atoms with Crippen molar-refractivity contribution in [2.24, 2.45) is 0 Å². The van der Waals surface area contributed by atoms with Crippen LogP contribution in [-0.4, -0.2) is 15.0 Å². The number of phenolic OH excluding ortho intramolecular Hbond substituents is 1. The van der Waals surface area contributed by atoms with Crippen LogP contribution in [-0.2, 0) is 0 Å². The van der Waals surface area contributed by atoms with Crippen molar-refractivity contribution in [1.82, 2.24) is 4.98 Å². The summed E-state index contributed by atoms with van der Waals surface area (Å²) in [4.78, 5) is 14.6. The summed E-state index contributed by atoms with van der Waals surface area (Å²) in [6.07, 6.45) is 1.46. The number of nitrogens with zero attached hydrogens (tertiary/aromatic N) is 3. The maximum atomic E-state index is 13.0. The van der Waals surface area contributed by atoms with Gasteiger partial charge in [0.25, 0.3) is 0 Å². The largest absolute Gasteiger partial charge is 0.502 e. The molecular formula is C18H10FN3O3S. The Balaban J connectivity index is 1.96. The van der Waals surface area contributed by atoms with Gasteiger partial charge in [-0.25, -0.2) is 9.37 Å². The molecule has 3 aromatic rings. The number of halogens is 1. The van der Waals surface area contributed by atoms with E-state index in [1.165, 1.54) is 47.7 Å². The quantitative estimate of drug-likeness (QED) is 0.412. The van der Waals surface area contributed by atoms with E-state index < -0.39 is 16.4 Å². The molecule has 0 saturated heterocycles. The van der Waals surface area contributed by atoms with Crippen molar-refractivity contribution in [3.8, 4) is 23.1 Å². The second-order valence-corrected chi connectivity index (χ2v) is 6.08. The molecule has 0 aliphatic rings. The summed E-state index contributed by atoms with van der Waals surface area (Å²) < 4.78 is 13.0. The highest BCUT2D eigenvalue weighted by atomic mass is 32.1. The number of phenols is 1. The number of nitriles is 1. The van der Waals surface area contributed by atoms with Crippen molar-refractivity contribution in [3.05, 3.63) is 74.3 Å². The number of nitro groups is 1. The number of nitro benzene ring substituents is 1. The molecule has 8 heteroatoms. The molecule has 0 saturated carbocycles. The second-order valence-electron chi connectivity index (χ2n) is 5.22. The van der Waals surface area contributed by atoms with Gasteiger partial charge in [0.1, 0.15) is 16.9 Å². The standard InChI is InChI=1S/C18H10FN3O3S/c19-14-4-2-12(3-5-14)15-10-26-18(21-15)13(9-20)7-11-1-6-17(23)16(8-11)22(24)25/h1-8,10,23H. The molecule has 26 heavy (non-hydrogen) atoms. The molecule has 0 spiro atoms. The lowest BCUT2D eigenvalue weighted by atomic mass is 10.1. The number of hydrogen-bond acceptors (Lipinski definition) is 6. The summed E-state index contributed by atoms with van der Waals surface area (Å²) in [6.45, 7) is 0. The molecule has 0 fully saturated rings. The molecule has 0 bridgehead atoms. The predicted molar refractivity (Wildman–Crippen MR) is 95.8 cm³/mol. The summed E-state index contributed by atoms with van der Waals surface area (Å²) in [6, 6.07) is 11.7. The molecule has 0 unspecified atom stereocenters. The summed E-state index contributed by atoms with van der Waals surface area (Å²) in [5.74, 6) is -0.797. The average Bonchev–Trinajstić information content (AvgIpc) is 3.11. The molecule has 2 aromatic carbocycles. The molecule has 1 heterocycles. The molecule has 0 aliphatic carbocycles. The van der Waals surface area contributed by atoms with Crippen LogP contribution in [0.15, 0.2) is 47.8 Å². The first-order valence-electron chi connectivity index (χ1n) is 7.29. The SMILES string of the molecule is N#CC(=Cc1ccc(O)c([N+](=O)[O-])c1)c1nc(-c2ccc(F)cc2)cs1. The fourth-order valence-electron chi connectivity index (χ4n) is 2.24. The Morgan fingerprint density at radius 3 is 2.69 bits per heavy atom. The highest BCUT2D eigenvalue weighted by Crippen LogP contribution is 2.30. The minimum absolute atomic E-state index is 0.225. The Hall–Kier alpha value is -3.57. The third kappa shape index (κ3) is 3.58. The van der Waals surface area contributed by atoms with Crippen LogP contribution in [0.5, 0.6) is 5.75 Å². The van der Waals surface area contributed by atoms with Gasteiger partial charge in [-0.2, -0.15) is 5.26 Å². The van der Waals surface area contributed by atoms with Gasteiger partial charge >= 0.3 is 5.69 Å². The normalized spacial score (nSPS) is 11.2. The molecule has 1 aromatic heterocycles. The van der Waals surface area contributed by atoms with Crippen molar-refractivity contribution in [2.75, 3.05) is 0 Å². The Morgan fingerprint density at radius 2 is 2.04 bits per heavy atom. The zero-order valence-corrected chi connectivity index (χ0v) is 13.9. The van der Waals surface area contributed by atoms with Crippen molar-refractivity contribution in [1.29, 1.82) is 5.26 Å². The van der Waals surface area contributed by atoms with Crippen LogP contribution in [0, 0.1) is 27.3 Å². The van der Waals surface area contributed by atoms with Crippen LogP contribution in [0.1, 0.15) is 10.6 Å². The van der Waals surface area contributed by atoms with Gasteiger partial charge in [0.15, 0.2) is 5.75 Å². The molecule has 0 amide bonds. The van der Waals surface area contributed by atoms with Gasteiger partial charge in [-0.3, -0.25) is 10.1 Å². The second kappa shape index (κ2) is 7.13. The molecule has 128 valence electrons. The van der Waals surface area contributed by atoms with E-state index in [9.17, 15) is 24.9 Å². The number of hydrogen-bond donors (Lipinski definition) is 1. The molecule has 6 nitrogen and oxygen atoms in total. The zero-order valence-electron chi connectivity index (χ0n) is 13.1. The summed E-state index contributed by atoms with van der Waals surface area (Å²) in [5.41, 5.74) is 1.49. The third-order valence-corrected chi connectivity index (χ3v) is 4.38. The van der Waals surface area contributed by atoms with Crippen LogP contribution >= 0.6 is 11.3 Å². The van der Waals surface area contributed by atoms with E-state index >= 15 is 0 Å². The fraction of sp³-hybridized carbons (Fsp3) is 0. The lowest BCUT2D eigenvalue weighted by Crippen LogP contribution is -1.89. The molecular weight excluding hydrogens is 357 g/mol. The third-order valence-electron chi connectivity index (χ3n) is 3.50. The molecule has 1 N–H and O–H groups in total. The Labute approximate surface area is 151 Å². The van der Waals surface area contributed by atoms with Crippen LogP contribution in [0.3, 0.4) is 0 Å². The fourth-order valence-corrected chi connectivity index (χ4v) is 3.03. The molecule has 0 radical (unpaired) electrons. The molecule has 0 aliphatic heterocycles. The maximum Gasteiger partial charge on any atom is 0.311 e. The number of aromatic nitrogens is 1. The molecule has 3 rings (SSSR count). The van der Waals surface area contributed by atoms with Crippen LogP contribution in [0.25, 0.3) is 22.9 Å². The first-order valence-corrected chi connectivity index (χ1v) is 8.17. The van der Waals surface area contributed by atoms with Gasteiger partial charge in [-0.05, 0) is 42.0 Å². The van der Waals surface area contributed by atoms with Gasteiger partial charge in [-0.1, -0.05) is 6.07 Å². The maximum absolute atomic E-state index is 13.0. The highest BCUT2D eigenvalue weighted by molar-refractivity contribution is 7.11. The van der Waals surface area contributed by atoms with E-state index in [1.807, 2.05) is 6.07 Å². The first kappa shape index (κ1) is 17.3. The lowest BCUT2D eigenvalue weighted by molar-refractivity contribution is -0.385. The van der Waals surface area contributed by atoms with E-state index in [-0.39, 0.29) is 11.4 Å². The summed E-state index contributed by atoms with van der Waals surface area (Å²) >= 11 is 1.24. The number of thiazole rings is 1. The highest BCUT2D eigenvalue weighted by Gasteiger charge is 2.14. The number of aromatic hydroxyl groups is 1. The average molecular weight is 367 g/mol. The minimum atomic E-state index is -0.700. The molecule has 0 atom stereocenters. The topological polar surface area (TPSA) is 100 Å². The summed E-state index contributed by atoms with van der Waals surface area (Å²) in [5, 5.41) is 32.0. The zero-order chi connectivity index (χ0) is 18.7. The lowest BCUT2D eigenvalue weighted by Gasteiger charge is -1.99. The Morgan fingerprint density at radius 1 is 1.31 bits per heavy atom. The smallest absolute Gasteiger partial charge is 0.311 e. The van der Waals surface area contributed by atoms with E-state index in [1.54, 1.807) is 17.5 Å². The van der Waals surface area contributed by atoms with E-state index in [2.05, 4.69) is 4.98 Å². The Kier molecular flexibility index (Phi) is 4.73. The summed E-state index contributed by atoms with van der Waals surface area (Å²) in [7, 11) is 0. The van der Waals surface area contributed by atoms with Gasteiger partial charge in [0, 0.05) is 17.0 Å². The van der Waals surface area contributed by atoms with Crippen molar-refractivity contribution >= 4 is 28.7 Å². The van der Waals surface area contributed by atoms with Crippen LogP contribution in [0.4, 0.5) is 10.1 Å². The van der Waals surface area contributed by atoms with Gasteiger partial charge in [0.2, 0.25) is 0 Å². The van der Waals surface area contributed by atoms with E-state index in [4.69, 9.17) is 0 Å². The number of allylic oxidation sites excluding steroid dienone is 1. The van der Waals surface area contributed by atoms with Crippen molar-refractivity contribution in [3.63, 3.8) is 0 Å². The van der Waals surface area contributed by atoms with Crippen molar-refractivity contribution in [2.45, 2.75) is 0 Å². The van der Waals surface area contributed by atoms with Crippen LogP contribution in [0.2, 0.25) is 0 Å². The van der Waals surface area contributed by atoms with E-state index in [0.717, 1.165) is 0 Å². The van der Waals surface area contributed by atoms with Gasteiger partial charge in [-0.15, -0.1) is 11.3 Å². The van der Waals surface area contributed by atoms with Gasteiger partial charge < -0.3 is 5.11 Å². The van der Waals surface area contributed by atoms with Crippen LogP contribution < -0.4 is 0 Å². The minimum Gasteiger partial charge on any atom is -0.502 e. The number of benzene rings is 2. The predicted octanol–water partition coefficient (Wildman–Crippen LogP) is 4.63. The van der Waals surface area contributed by atoms with Crippen molar-refractivity contribution < 1.29 is 14.4 Å². The first-order chi connectivity index (χ1) is 12.5. The van der Waals surface area contributed by atoms with E-state index in [0.29, 0.717) is 21.8 Å². The monoisotopic (exact) mass is 367 g/mol.